The zero-order valence-corrected chi connectivity index (χ0v) is 17.7. The first-order valence-corrected chi connectivity index (χ1v) is 10.4. The Balaban J connectivity index is 1.54. The maximum absolute atomic E-state index is 13.6. The van der Waals surface area contributed by atoms with Gasteiger partial charge in [0.25, 0.3) is 0 Å². The number of halogens is 1. The molecule has 3 aromatic rings. The normalized spacial score (nSPS) is 10.8. The molecule has 8 nitrogen and oxygen atoms in total. The van der Waals surface area contributed by atoms with E-state index in [1.54, 1.807) is 23.7 Å². The molecule has 11 heteroatoms. The number of thiazole rings is 1. The molecule has 1 aromatic carbocycles. The van der Waals surface area contributed by atoms with Gasteiger partial charge >= 0.3 is 0 Å². The van der Waals surface area contributed by atoms with Crippen molar-refractivity contribution in [3.8, 4) is 0 Å². The second-order valence-corrected chi connectivity index (χ2v) is 8.31. The number of hydrogen-bond donors (Lipinski definition) is 2. The molecule has 0 saturated heterocycles. The fraction of sp³-hybridized carbons (Fsp3) is 0.278. The van der Waals surface area contributed by atoms with Gasteiger partial charge in [-0.2, -0.15) is 0 Å². The molecule has 0 unspecified atom stereocenters. The lowest BCUT2D eigenvalue weighted by Gasteiger charge is -2.06. The number of para-hydroxylation sites is 1. The highest BCUT2D eigenvalue weighted by molar-refractivity contribution is 7.99. The summed E-state index contributed by atoms with van der Waals surface area (Å²) in [4.78, 5) is 29.6. The molecule has 2 N–H and O–H groups in total. The minimum atomic E-state index is -0.508. The van der Waals surface area contributed by atoms with Crippen LogP contribution in [0.15, 0.2) is 29.4 Å². The van der Waals surface area contributed by atoms with Crippen LogP contribution in [0.4, 0.5) is 15.2 Å². The average molecular weight is 435 g/mol. The van der Waals surface area contributed by atoms with Gasteiger partial charge in [-0.15, -0.1) is 21.5 Å². The van der Waals surface area contributed by atoms with E-state index in [1.807, 2.05) is 13.8 Å². The molecule has 3 rings (SSSR count). The first kappa shape index (κ1) is 20.9. The highest BCUT2D eigenvalue weighted by atomic mass is 32.2. The van der Waals surface area contributed by atoms with Crippen molar-refractivity contribution in [2.45, 2.75) is 25.4 Å². The SMILES string of the molecule is Cc1nc(NC(=O)CSc2nnc(CC(=O)Nc3ccccc3F)n2C)sc1C. The van der Waals surface area contributed by atoms with Crippen LogP contribution < -0.4 is 10.6 Å². The summed E-state index contributed by atoms with van der Waals surface area (Å²) in [6, 6.07) is 5.93. The van der Waals surface area contributed by atoms with Crippen LogP contribution >= 0.6 is 23.1 Å². The van der Waals surface area contributed by atoms with Gasteiger partial charge in [0.15, 0.2) is 10.3 Å². The van der Waals surface area contributed by atoms with Crippen molar-refractivity contribution in [2.24, 2.45) is 7.05 Å². The predicted molar refractivity (Wildman–Crippen MR) is 111 cm³/mol. The van der Waals surface area contributed by atoms with Crippen LogP contribution in [0.2, 0.25) is 0 Å². The van der Waals surface area contributed by atoms with Gasteiger partial charge in [0, 0.05) is 11.9 Å². The summed E-state index contributed by atoms with van der Waals surface area (Å²) in [5, 5.41) is 14.3. The van der Waals surface area contributed by atoms with Gasteiger partial charge in [0.1, 0.15) is 11.6 Å². The van der Waals surface area contributed by atoms with E-state index in [-0.39, 0.29) is 23.8 Å². The van der Waals surface area contributed by atoms with E-state index in [1.165, 1.54) is 35.2 Å². The molecule has 0 spiro atoms. The molecule has 152 valence electrons. The Morgan fingerprint density at radius 3 is 2.62 bits per heavy atom. The second kappa shape index (κ2) is 9.14. The summed E-state index contributed by atoms with van der Waals surface area (Å²) in [6.45, 7) is 3.83. The monoisotopic (exact) mass is 434 g/mol. The number of nitrogens with zero attached hydrogens (tertiary/aromatic N) is 4. The summed E-state index contributed by atoms with van der Waals surface area (Å²) < 4.78 is 15.3. The first-order valence-electron chi connectivity index (χ1n) is 8.63. The molecule has 2 aromatic heterocycles. The summed E-state index contributed by atoms with van der Waals surface area (Å²) >= 11 is 2.63. The quantitative estimate of drug-likeness (QED) is 0.555. The van der Waals surface area contributed by atoms with Gasteiger partial charge in [-0.3, -0.25) is 9.59 Å². The smallest absolute Gasteiger partial charge is 0.236 e. The number of aromatic nitrogens is 4. The fourth-order valence-corrected chi connectivity index (χ4v) is 3.90. The molecule has 0 atom stereocenters. The molecule has 0 bridgehead atoms. The number of anilines is 2. The van der Waals surface area contributed by atoms with Crippen LogP contribution in [0, 0.1) is 19.7 Å². The van der Waals surface area contributed by atoms with Gasteiger partial charge in [-0.1, -0.05) is 23.9 Å². The van der Waals surface area contributed by atoms with Crippen molar-refractivity contribution in [3.05, 3.63) is 46.5 Å². The van der Waals surface area contributed by atoms with E-state index in [9.17, 15) is 14.0 Å². The standard InChI is InChI=1S/C18H19FN6O2S2/c1-10-11(2)29-17(20-10)22-16(27)9-28-18-24-23-14(25(18)3)8-15(26)21-13-7-5-4-6-12(13)19/h4-7H,8-9H2,1-3H3,(H,21,26)(H,20,22,27). The number of amides is 2. The van der Waals surface area contributed by atoms with Gasteiger partial charge in [0.2, 0.25) is 11.8 Å². The maximum atomic E-state index is 13.6. The molecule has 2 heterocycles. The van der Waals surface area contributed by atoms with Crippen molar-refractivity contribution < 1.29 is 14.0 Å². The number of benzene rings is 1. The zero-order chi connectivity index (χ0) is 21.0. The lowest BCUT2D eigenvalue weighted by molar-refractivity contribution is -0.116. The van der Waals surface area contributed by atoms with Crippen molar-refractivity contribution in [1.29, 1.82) is 0 Å². The largest absolute Gasteiger partial charge is 0.323 e. The molecule has 0 fully saturated rings. The van der Waals surface area contributed by atoms with E-state index >= 15 is 0 Å². The Morgan fingerprint density at radius 1 is 1.17 bits per heavy atom. The lowest BCUT2D eigenvalue weighted by atomic mass is 10.3. The molecule has 2 amide bonds. The van der Waals surface area contributed by atoms with Gasteiger partial charge in [0.05, 0.1) is 23.6 Å². The maximum Gasteiger partial charge on any atom is 0.236 e. The lowest BCUT2D eigenvalue weighted by Crippen LogP contribution is -2.18. The number of carbonyl (C=O) groups excluding carboxylic acids is 2. The number of hydrogen-bond acceptors (Lipinski definition) is 7. The Hall–Kier alpha value is -2.79. The minimum Gasteiger partial charge on any atom is -0.323 e. The van der Waals surface area contributed by atoms with Crippen LogP contribution in [-0.2, 0) is 23.1 Å². The topological polar surface area (TPSA) is 102 Å². The molecule has 0 aliphatic carbocycles. The summed E-state index contributed by atoms with van der Waals surface area (Å²) in [5.74, 6) is -0.579. The third-order valence-corrected chi connectivity index (χ3v) is 6.01. The summed E-state index contributed by atoms with van der Waals surface area (Å²) in [5.41, 5.74) is 1.00. The highest BCUT2D eigenvalue weighted by Gasteiger charge is 2.16. The molecule has 0 aliphatic heterocycles. The van der Waals surface area contributed by atoms with E-state index < -0.39 is 11.7 Å². The van der Waals surface area contributed by atoms with Crippen LogP contribution in [0.25, 0.3) is 0 Å². The van der Waals surface area contributed by atoms with E-state index in [0.29, 0.717) is 16.1 Å². The third kappa shape index (κ3) is 5.39. The fourth-order valence-electron chi connectivity index (χ4n) is 2.34. The minimum absolute atomic E-state index is 0.0672. The number of rotatable bonds is 7. The Morgan fingerprint density at radius 2 is 1.93 bits per heavy atom. The summed E-state index contributed by atoms with van der Waals surface area (Å²) in [6.07, 6.45) is -0.0672. The van der Waals surface area contributed by atoms with Crippen LogP contribution in [0.1, 0.15) is 16.4 Å². The predicted octanol–water partition coefficient (Wildman–Crippen LogP) is 2.94. The molecule has 0 saturated carbocycles. The van der Waals surface area contributed by atoms with E-state index in [4.69, 9.17) is 0 Å². The van der Waals surface area contributed by atoms with Gasteiger partial charge in [-0.25, -0.2) is 9.37 Å². The van der Waals surface area contributed by atoms with Crippen molar-refractivity contribution >= 4 is 45.7 Å². The molecule has 0 radical (unpaired) electrons. The zero-order valence-electron chi connectivity index (χ0n) is 16.0. The molecule has 0 aliphatic rings. The van der Waals surface area contributed by atoms with E-state index in [2.05, 4.69) is 25.8 Å². The van der Waals surface area contributed by atoms with Crippen molar-refractivity contribution in [1.82, 2.24) is 19.7 Å². The van der Waals surface area contributed by atoms with Crippen LogP contribution in [0.3, 0.4) is 0 Å². The number of carbonyl (C=O) groups is 2. The molecule has 29 heavy (non-hydrogen) atoms. The number of thioether (sulfide) groups is 1. The molecular weight excluding hydrogens is 415 g/mol. The second-order valence-electron chi connectivity index (χ2n) is 6.16. The third-order valence-electron chi connectivity index (χ3n) is 4.00. The number of nitrogens with one attached hydrogen (secondary N) is 2. The Kier molecular flexibility index (Phi) is 6.60. The van der Waals surface area contributed by atoms with Gasteiger partial charge < -0.3 is 15.2 Å². The van der Waals surface area contributed by atoms with Gasteiger partial charge in [-0.05, 0) is 26.0 Å². The van der Waals surface area contributed by atoms with Crippen LogP contribution in [0.5, 0.6) is 0 Å². The average Bonchev–Trinajstić information content (AvgIpc) is 3.17. The Bertz CT molecular complexity index is 1030. The molecular formula is C18H19FN6O2S2. The first-order chi connectivity index (χ1) is 13.8. The van der Waals surface area contributed by atoms with Crippen molar-refractivity contribution in [3.63, 3.8) is 0 Å². The Labute approximate surface area is 174 Å². The summed E-state index contributed by atoms with van der Waals surface area (Å²) in [7, 11) is 1.71. The number of aryl methyl sites for hydroxylation is 2. The van der Waals surface area contributed by atoms with E-state index in [0.717, 1.165) is 10.6 Å². The highest BCUT2D eigenvalue weighted by Crippen LogP contribution is 2.22. The van der Waals surface area contributed by atoms with Crippen LogP contribution in [-0.4, -0.2) is 37.3 Å². The van der Waals surface area contributed by atoms with Crippen molar-refractivity contribution in [2.75, 3.05) is 16.4 Å².